The predicted octanol–water partition coefficient (Wildman–Crippen LogP) is 0.419. The van der Waals surface area contributed by atoms with E-state index in [0.717, 1.165) is 0 Å². The second kappa shape index (κ2) is 5.91. The van der Waals surface area contributed by atoms with Gasteiger partial charge >= 0.3 is 5.97 Å². The molecular formula is C11H13N5O3. The van der Waals surface area contributed by atoms with E-state index in [1.54, 1.807) is 13.2 Å². The Morgan fingerprint density at radius 2 is 2.32 bits per heavy atom. The van der Waals surface area contributed by atoms with Crippen LogP contribution in [-0.2, 0) is 4.74 Å². The lowest BCUT2D eigenvalue weighted by Gasteiger charge is -2.06. The van der Waals surface area contributed by atoms with Crippen molar-refractivity contribution in [3.8, 4) is 5.82 Å². The number of carboxylic acid groups (broad SMARTS) is 1. The Morgan fingerprint density at radius 1 is 1.47 bits per heavy atom. The van der Waals surface area contributed by atoms with Crippen molar-refractivity contribution in [2.75, 3.05) is 25.6 Å². The van der Waals surface area contributed by atoms with Crippen molar-refractivity contribution in [1.29, 1.82) is 0 Å². The molecule has 2 aromatic heterocycles. The molecule has 2 rings (SSSR count). The number of carbonyl (C=O) groups is 1. The van der Waals surface area contributed by atoms with Gasteiger partial charge in [-0.15, -0.1) is 0 Å². The molecule has 8 nitrogen and oxygen atoms in total. The quantitative estimate of drug-likeness (QED) is 0.728. The van der Waals surface area contributed by atoms with Crippen molar-refractivity contribution in [2.45, 2.75) is 0 Å². The fraction of sp³-hybridized carbons (Fsp3) is 0.273. The van der Waals surface area contributed by atoms with Gasteiger partial charge in [0.1, 0.15) is 24.3 Å². The first-order valence-electron chi connectivity index (χ1n) is 5.53. The molecule has 2 N–H and O–H groups in total. The highest BCUT2D eigenvalue weighted by atomic mass is 16.5. The summed E-state index contributed by atoms with van der Waals surface area (Å²) in [5.74, 6) is 0.0915. The Kier molecular flexibility index (Phi) is 4.04. The number of imidazole rings is 1. The fourth-order valence-electron chi connectivity index (χ4n) is 1.42. The molecule has 8 heteroatoms. The molecule has 0 bridgehead atoms. The summed E-state index contributed by atoms with van der Waals surface area (Å²) in [5, 5.41) is 11.9. The van der Waals surface area contributed by atoms with E-state index in [1.807, 2.05) is 0 Å². The van der Waals surface area contributed by atoms with Crippen LogP contribution in [0.15, 0.2) is 24.9 Å². The molecule has 0 radical (unpaired) electrons. The lowest BCUT2D eigenvalue weighted by Crippen LogP contribution is -2.09. The standard InChI is InChI=1S/C11H13N5O3/c1-19-3-2-12-9-4-10(14-6-13-9)16-5-8(11(17)18)15-7-16/h4-7H,2-3H2,1H3,(H,17,18)(H,12,13,14). The highest BCUT2D eigenvalue weighted by molar-refractivity contribution is 5.85. The number of anilines is 1. The van der Waals surface area contributed by atoms with Gasteiger partial charge in [0.2, 0.25) is 0 Å². The number of nitrogens with one attached hydrogen (secondary N) is 1. The van der Waals surface area contributed by atoms with Gasteiger partial charge in [-0.1, -0.05) is 0 Å². The van der Waals surface area contributed by atoms with Crippen LogP contribution in [0.3, 0.4) is 0 Å². The molecule has 0 aliphatic carbocycles. The number of hydrogen-bond donors (Lipinski definition) is 2. The van der Waals surface area contributed by atoms with Crippen molar-refractivity contribution in [3.63, 3.8) is 0 Å². The molecule has 0 amide bonds. The van der Waals surface area contributed by atoms with E-state index >= 15 is 0 Å². The third-order valence-corrected chi connectivity index (χ3v) is 2.33. The molecule has 0 fully saturated rings. The molecule has 19 heavy (non-hydrogen) atoms. The second-order valence-corrected chi connectivity index (χ2v) is 3.65. The van der Waals surface area contributed by atoms with Gasteiger partial charge in [0, 0.05) is 25.9 Å². The zero-order valence-electron chi connectivity index (χ0n) is 10.3. The van der Waals surface area contributed by atoms with Crippen molar-refractivity contribution in [2.24, 2.45) is 0 Å². The summed E-state index contributed by atoms with van der Waals surface area (Å²) in [7, 11) is 1.62. The van der Waals surface area contributed by atoms with Crippen molar-refractivity contribution >= 4 is 11.8 Å². The Balaban J connectivity index is 2.15. The molecule has 0 aliphatic rings. The van der Waals surface area contributed by atoms with E-state index in [2.05, 4.69) is 20.3 Å². The summed E-state index contributed by atoms with van der Waals surface area (Å²) < 4.78 is 6.44. The summed E-state index contributed by atoms with van der Waals surface area (Å²) in [6.45, 7) is 1.19. The number of rotatable bonds is 6. The van der Waals surface area contributed by atoms with Crippen LogP contribution in [0.1, 0.15) is 10.5 Å². The zero-order chi connectivity index (χ0) is 13.7. The third-order valence-electron chi connectivity index (χ3n) is 2.33. The first-order valence-corrected chi connectivity index (χ1v) is 5.53. The topological polar surface area (TPSA) is 102 Å². The Labute approximate surface area is 109 Å². The number of aromatic carboxylic acids is 1. The molecule has 100 valence electrons. The smallest absolute Gasteiger partial charge is 0.356 e. The Bertz CT molecular complexity index is 569. The summed E-state index contributed by atoms with van der Waals surface area (Å²) in [4.78, 5) is 22.6. The molecule has 0 aliphatic heterocycles. The lowest BCUT2D eigenvalue weighted by atomic mass is 10.4. The van der Waals surface area contributed by atoms with E-state index < -0.39 is 5.97 Å². The largest absolute Gasteiger partial charge is 0.476 e. The van der Waals surface area contributed by atoms with Crippen LogP contribution in [0.5, 0.6) is 0 Å². The van der Waals surface area contributed by atoms with E-state index in [0.29, 0.717) is 24.8 Å². The van der Waals surface area contributed by atoms with Crippen molar-refractivity contribution in [1.82, 2.24) is 19.5 Å². The first kappa shape index (κ1) is 13.0. The van der Waals surface area contributed by atoms with Crippen LogP contribution in [0.25, 0.3) is 5.82 Å². The van der Waals surface area contributed by atoms with Gasteiger partial charge in [-0.3, -0.25) is 4.57 Å². The third kappa shape index (κ3) is 3.26. The van der Waals surface area contributed by atoms with Gasteiger partial charge in [0.25, 0.3) is 0 Å². The maximum Gasteiger partial charge on any atom is 0.356 e. The van der Waals surface area contributed by atoms with Crippen LogP contribution >= 0.6 is 0 Å². The summed E-state index contributed by atoms with van der Waals surface area (Å²) >= 11 is 0. The number of methoxy groups -OCH3 is 1. The average Bonchev–Trinajstić information content (AvgIpc) is 2.89. The van der Waals surface area contributed by atoms with E-state index in [1.165, 1.54) is 23.4 Å². The van der Waals surface area contributed by atoms with Gasteiger partial charge in [-0.2, -0.15) is 0 Å². The first-order chi connectivity index (χ1) is 9.20. The minimum Gasteiger partial charge on any atom is -0.476 e. The fourth-order valence-corrected chi connectivity index (χ4v) is 1.42. The number of carboxylic acids is 1. The van der Waals surface area contributed by atoms with Gasteiger partial charge in [-0.25, -0.2) is 19.7 Å². The Hall–Kier alpha value is -2.48. The molecular weight excluding hydrogens is 250 g/mol. The highest BCUT2D eigenvalue weighted by Crippen LogP contribution is 2.09. The van der Waals surface area contributed by atoms with Gasteiger partial charge in [0.15, 0.2) is 5.69 Å². The van der Waals surface area contributed by atoms with Crippen LogP contribution in [0.2, 0.25) is 0 Å². The molecule has 0 aromatic carbocycles. The summed E-state index contributed by atoms with van der Waals surface area (Å²) in [6, 6.07) is 1.70. The minimum atomic E-state index is -1.08. The molecule has 0 atom stereocenters. The maximum atomic E-state index is 10.8. The normalized spacial score (nSPS) is 10.4. The Morgan fingerprint density at radius 3 is 3.00 bits per heavy atom. The van der Waals surface area contributed by atoms with Crippen LogP contribution in [0.4, 0.5) is 5.82 Å². The van der Waals surface area contributed by atoms with Gasteiger partial charge < -0.3 is 15.2 Å². The van der Waals surface area contributed by atoms with Crippen LogP contribution in [-0.4, -0.2) is 50.9 Å². The maximum absolute atomic E-state index is 10.8. The molecule has 0 spiro atoms. The van der Waals surface area contributed by atoms with E-state index in [9.17, 15) is 4.79 Å². The van der Waals surface area contributed by atoms with E-state index in [4.69, 9.17) is 9.84 Å². The zero-order valence-corrected chi connectivity index (χ0v) is 10.3. The summed E-state index contributed by atoms with van der Waals surface area (Å²) in [5.41, 5.74) is -0.0347. The van der Waals surface area contributed by atoms with Gasteiger partial charge in [-0.05, 0) is 0 Å². The number of nitrogens with zero attached hydrogens (tertiary/aromatic N) is 4. The predicted molar refractivity (Wildman–Crippen MR) is 66.5 cm³/mol. The monoisotopic (exact) mass is 263 g/mol. The number of ether oxygens (including phenoxy) is 1. The van der Waals surface area contributed by atoms with Gasteiger partial charge in [0.05, 0.1) is 6.61 Å². The van der Waals surface area contributed by atoms with Crippen LogP contribution in [0, 0.1) is 0 Å². The van der Waals surface area contributed by atoms with Crippen molar-refractivity contribution in [3.05, 3.63) is 30.6 Å². The highest BCUT2D eigenvalue weighted by Gasteiger charge is 2.08. The second-order valence-electron chi connectivity index (χ2n) is 3.65. The SMILES string of the molecule is COCCNc1cc(-n2cnc(C(=O)O)c2)ncn1. The molecule has 0 saturated carbocycles. The minimum absolute atomic E-state index is 0.0347. The lowest BCUT2D eigenvalue weighted by molar-refractivity contribution is 0.0691. The molecule has 0 saturated heterocycles. The van der Waals surface area contributed by atoms with Crippen molar-refractivity contribution < 1.29 is 14.6 Å². The molecule has 0 unspecified atom stereocenters. The van der Waals surface area contributed by atoms with Crippen LogP contribution < -0.4 is 5.32 Å². The molecule has 2 aromatic rings. The number of hydrogen-bond acceptors (Lipinski definition) is 6. The number of aromatic nitrogens is 4. The average molecular weight is 263 g/mol. The molecule has 2 heterocycles. The summed E-state index contributed by atoms with van der Waals surface area (Å²) in [6.07, 6.45) is 4.18. The van der Waals surface area contributed by atoms with E-state index in [-0.39, 0.29) is 5.69 Å².